The fraction of sp³-hybridized carbons (Fsp3) is 0.438. The van der Waals surface area contributed by atoms with Crippen LogP contribution in [0.1, 0.15) is 18.2 Å². The van der Waals surface area contributed by atoms with Gasteiger partial charge in [0.15, 0.2) is 0 Å². The summed E-state index contributed by atoms with van der Waals surface area (Å²) in [5, 5.41) is 1.11. The summed E-state index contributed by atoms with van der Waals surface area (Å²) in [6.45, 7) is 6.31. The highest BCUT2D eigenvalue weighted by molar-refractivity contribution is 7.15. The Balaban J connectivity index is 1.67. The van der Waals surface area contributed by atoms with Crippen molar-refractivity contribution in [2.45, 2.75) is 19.9 Å². The molecule has 4 heteroatoms. The molecule has 1 atom stereocenters. The molecule has 2 heterocycles. The molecule has 1 aromatic heterocycles. The first-order valence-corrected chi connectivity index (χ1v) is 7.93. The molecule has 0 amide bonds. The first-order valence-electron chi connectivity index (χ1n) is 7.11. The van der Waals surface area contributed by atoms with Crippen LogP contribution in [-0.4, -0.2) is 29.5 Å². The maximum atomic E-state index is 5.87. The molecule has 1 aliphatic heterocycles. The molecule has 3 rings (SSSR count). The number of benzene rings is 1. The molecular formula is C16H21N3S. The summed E-state index contributed by atoms with van der Waals surface area (Å²) in [5.41, 5.74) is 7.37. The number of nitrogens with zero attached hydrogens (tertiary/aromatic N) is 2. The summed E-state index contributed by atoms with van der Waals surface area (Å²) in [4.78, 5) is 8.39. The average Bonchev–Trinajstić information content (AvgIpc) is 3.08. The van der Waals surface area contributed by atoms with Gasteiger partial charge < -0.3 is 5.73 Å². The first kappa shape index (κ1) is 13.7. The summed E-state index contributed by atoms with van der Waals surface area (Å²) in [7, 11) is 0. The zero-order valence-electron chi connectivity index (χ0n) is 11.9. The molecule has 0 bridgehead atoms. The van der Waals surface area contributed by atoms with Crippen molar-refractivity contribution in [3.63, 3.8) is 0 Å². The van der Waals surface area contributed by atoms with Crippen molar-refractivity contribution in [1.82, 2.24) is 9.88 Å². The number of hydrogen-bond donors (Lipinski definition) is 1. The largest absolute Gasteiger partial charge is 0.330 e. The van der Waals surface area contributed by atoms with E-state index in [-0.39, 0.29) is 0 Å². The maximum absolute atomic E-state index is 5.87. The molecule has 106 valence electrons. The predicted molar refractivity (Wildman–Crippen MR) is 84.6 cm³/mol. The molecule has 0 spiro atoms. The van der Waals surface area contributed by atoms with E-state index >= 15 is 0 Å². The third-order valence-corrected chi connectivity index (χ3v) is 5.11. The zero-order valence-corrected chi connectivity index (χ0v) is 12.7. The molecule has 3 nitrogen and oxygen atoms in total. The molecule has 0 saturated carbocycles. The normalized spacial score (nSPS) is 23.3. The van der Waals surface area contributed by atoms with Gasteiger partial charge in [-0.2, -0.15) is 0 Å². The third-order valence-electron chi connectivity index (χ3n) is 4.08. The van der Waals surface area contributed by atoms with Crippen molar-refractivity contribution in [3.8, 4) is 10.6 Å². The van der Waals surface area contributed by atoms with E-state index in [2.05, 4.69) is 41.1 Å². The molecule has 0 aliphatic carbocycles. The van der Waals surface area contributed by atoms with Crippen molar-refractivity contribution in [1.29, 1.82) is 0 Å². The Morgan fingerprint density at radius 3 is 2.85 bits per heavy atom. The lowest BCUT2D eigenvalue weighted by Crippen LogP contribution is -2.30. The van der Waals surface area contributed by atoms with Crippen molar-refractivity contribution in [2.75, 3.05) is 19.6 Å². The molecule has 1 unspecified atom stereocenters. The van der Waals surface area contributed by atoms with E-state index in [1.165, 1.54) is 16.9 Å². The minimum absolute atomic E-state index is 0.299. The highest BCUT2D eigenvalue weighted by Gasteiger charge is 2.32. The van der Waals surface area contributed by atoms with Crippen LogP contribution >= 0.6 is 11.3 Å². The van der Waals surface area contributed by atoms with Crippen molar-refractivity contribution in [3.05, 3.63) is 41.4 Å². The summed E-state index contributed by atoms with van der Waals surface area (Å²) < 4.78 is 0. The molecule has 1 aromatic carbocycles. The highest BCUT2D eigenvalue weighted by atomic mass is 32.1. The number of rotatable bonds is 4. The highest BCUT2D eigenvalue weighted by Crippen LogP contribution is 2.31. The topological polar surface area (TPSA) is 42.1 Å². The Morgan fingerprint density at radius 1 is 1.35 bits per heavy atom. The van der Waals surface area contributed by atoms with Crippen LogP contribution in [0.5, 0.6) is 0 Å². The van der Waals surface area contributed by atoms with Gasteiger partial charge in [0, 0.05) is 29.7 Å². The molecule has 1 fully saturated rings. The van der Waals surface area contributed by atoms with E-state index in [1.807, 2.05) is 12.3 Å². The van der Waals surface area contributed by atoms with Crippen LogP contribution in [0.4, 0.5) is 0 Å². The standard InChI is InChI=1S/C16H21N3S/c1-16(11-17)7-8-19(12-16)10-14-9-18-15(20-14)13-5-3-2-4-6-13/h2-6,9H,7-8,10-12,17H2,1H3. The number of aromatic nitrogens is 1. The van der Waals surface area contributed by atoms with Gasteiger partial charge in [0.05, 0.1) is 0 Å². The van der Waals surface area contributed by atoms with Gasteiger partial charge in [-0.15, -0.1) is 11.3 Å². The molecule has 1 saturated heterocycles. The molecule has 1 aliphatic rings. The Labute approximate surface area is 124 Å². The molecule has 0 radical (unpaired) electrons. The van der Waals surface area contributed by atoms with Crippen molar-refractivity contribution < 1.29 is 0 Å². The fourth-order valence-corrected chi connectivity index (χ4v) is 3.70. The first-order chi connectivity index (χ1) is 9.68. The van der Waals surface area contributed by atoms with Gasteiger partial charge in [-0.25, -0.2) is 4.98 Å². The van der Waals surface area contributed by atoms with Crippen molar-refractivity contribution >= 4 is 11.3 Å². The van der Waals surface area contributed by atoms with Crippen LogP contribution in [0, 0.1) is 5.41 Å². The van der Waals surface area contributed by atoms with E-state index in [0.29, 0.717) is 5.41 Å². The van der Waals surface area contributed by atoms with Crippen LogP contribution in [0.3, 0.4) is 0 Å². The van der Waals surface area contributed by atoms with Crippen LogP contribution in [0.25, 0.3) is 10.6 Å². The zero-order chi connectivity index (χ0) is 14.0. The molecule has 2 N–H and O–H groups in total. The van der Waals surface area contributed by atoms with Gasteiger partial charge in [-0.05, 0) is 24.9 Å². The van der Waals surface area contributed by atoms with Crippen LogP contribution in [0.2, 0.25) is 0 Å². The number of hydrogen-bond acceptors (Lipinski definition) is 4. The van der Waals surface area contributed by atoms with Gasteiger partial charge >= 0.3 is 0 Å². The molecule has 2 aromatic rings. The lowest BCUT2D eigenvalue weighted by Gasteiger charge is -2.22. The minimum Gasteiger partial charge on any atom is -0.330 e. The Kier molecular flexibility index (Phi) is 3.87. The van der Waals surface area contributed by atoms with Gasteiger partial charge in [-0.1, -0.05) is 37.3 Å². The number of thiazole rings is 1. The van der Waals surface area contributed by atoms with E-state index in [9.17, 15) is 0 Å². The van der Waals surface area contributed by atoms with E-state index < -0.39 is 0 Å². The predicted octanol–water partition coefficient (Wildman–Crippen LogP) is 2.98. The van der Waals surface area contributed by atoms with Crippen molar-refractivity contribution in [2.24, 2.45) is 11.1 Å². The lowest BCUT2D eigenvalue weighted by atomic mass is 9.90. The van der Waals surface area contributed by atoms with E-state index in [4.69, 9.17) is 5.73 Å². The maximum Gasteiger partial charge on any atom is 0.123 e. The second kappa shape index (κ2) is 5.64. The van der Waals surface area contributed by atoms with E-state index in [1.54, 1.807) is 11.3 Å². The minimum atomic E-state index is 0.299. The monoisotopic (exact) mass is 287 g/mol. The summed E-state index contributed by atoms with van der Waals surface area (Å²) in [5.74, 6) is 0. The second-order valence-electron chi connectivity index (χ2n) is 5.97. The Morgan fingerprint density at radius 2 is 2.15 bits per heavy atom. The van der Waals surface area contributed by atoms with Gasteiger partial charge in [-0.3, -0.25) is 4.90 Å². The quantitative estimate of drug-likeness (QED) is 0.940. The van der Waals surface area contributed by atoms with Gasteiger partial charge in [0.1, 0.15) is 5.01 Å². The van der Waals surface area contributed by atoms with E-state index in [0.717, 1.165) is 31.2 Å². The number of likely N-dealkylation sites (tertiary alicyclic amines) is 1. The molecule has 20 heavy (non-hydrogen) atoms. The summed E-state index contributed by atoms with van der Waals surface area (Å²) >= 11 is 1.80. The van der Waals surface area contributed by atoms with Crippen LogP contribution < -0.4 is 5.73 Å². The SMILES string of the molecule is CC1(CN)CCN(Cc2cnc(-c3ccccc3)s2)C1. The smallest absolute Gasteiger partial charge is 0.123 e. The number of nitrogens with two attached hydrogens (primary N) is 1. The Hall–Kier alpha value is -1.23. The van der Waals surface area contributed by atoms with Gasteiger partial charge in [0.2, 0.25) is 0 Å². The third kappa shape index (κ3) is 2.92. The Bertz CT molecular complexity index is 566. The van der Waals surface area contributed by atoms with Crippen LogP contribution in [0.15, 0.2) is 36.5 Å². The van der Waals surface area contributed by atoms with Crippen LogP contribution in [-0.2, 0) is 6.54 Å². The average molecular weight is 287 g/mol. The summed E-state index contributed by atoms with van der Waals surface area (Å²) in [6, 6.07) is 10.4. The molecular weight excluding hydrogens is 266 g/mol. The summed E-state index contributed by atoms with van der Waals surface area (Å²) in [6.07, 6.45) is 3.22. The second-order valence-corrected chi connectivity index (χ2v) is 7.09. The van der Waals surface area contributed by atoms with Gasteiger partial charge in [0.25, 0.3) is 0 Å². The lowest BCUT2D eigenvalue weighted by molar-refractivity contribution is 0.276. The fourth-order valence-electron chi connectivity index (χ4n) is 2.74.